The minimum atomic E-state index is -1.33. The normalized spacial score (nSPS) is 17.1. The van der Waals surface area contributed by atoms with Crippen LogP contribution in [-0.4, -0.2) is 33.9 Å². The summed E-state index contributed by atoms with van der Waals surface area (Å²) in [6.07, 6.45) is 3.69. The van der Waals surface area contributed by atoms with Gasteiger partial charge in [0.05, 0.1) is 17.4 Å². The molecule has 2 rings (SSSR count). The third-order valence-corrected chi connectivity index (χ3v) is 4.70. The summed E-state index contributed by atoms with van der Waals surface area (Å²) in [5, 5.41) is 10.6. The number of carbonyl (C=O) groups is 2. The van der Waals surface area contributed by atoms with Crippen LogP contribution >= 0.6 is 35.7 Å². The maximum absolute atomic E-state index is 12.0. The van der Waals surface area contributed by atoms with Gasteiger partial charge in [0.15, 0.2) is 0 Å². The number of carbonyl (C=O) groups excluding carboxylic acids is 2. The molecule has 1 aromatic carbocycles. The Morgan fingerprint density at radius 2 is 2.10 bits per heavy atom. The van der Waals surface area contributed by atoms with Crippen LogP contribution in [0.2, 0.25) is 0 Å². The van der Waals surface area contributed by atoms with Crippen LogP contribution in [0.4, 0.5) is 0 Å². The van der Waals surface area contributed by atoms with Gasteiger partial charge in [0.2, 0.25) is 0 Å². The highest BCUT2D eigenvalue weighted by Gasteiger charge is 2.31. The van der Waals surface area contributed by atoms with Gasteiger partial charge in [-0.05, 0) is 30.0 Å². The summed E-state index contributed by atoms with van der Waals surface area (Å²) in [7, 11) is 0. The smallest absolute Gasteiger partial charge is 0.266 e. The number of thioether (sulfide) groups is 2. The predicted molar refractivity (Wildman–Crippen MR) is 83.1 cm³/mol. The molecule has 7 heteroatoms. The highest BCUT2D eigenvalue weighted by atomic mass is 32.2. The van der Waals surface area contributed by atoms with Crippen molar-refractivity contribution in [3.05, 3.63) is 34.7 Å². The zero-order valence-corrected chi connectivity index (χ0v) is 12.9. The van der Waals surface area contributed by atoms with E-state index in [4.69, 9.17) is 12.2 Å². The Bertz CT molecular complexity index is 595. The van der Waals surface area contributed by atoms with E-state index >= 15 is 0 Å². The minimum absolute atomic E-state index is 0.242. The quantitative estimate of drug-likeness (QED) is 0.473. The molecule has 1 amide bonds. The molecule has 0 atom stereocenters. The molecule has 0 bridgehead atoms. The first-order valence-electron chi connectivity index (χ1n) is 5.60. The van der Waals surface area contributed by atoms with Crippen LogP contribution in [0.5, 0.6) is 0 Å². The van der Waals surface area contributed by atoms with E-state index in [9.17, 15) is 14.7 Å². The van der Waals surface area contributed by atoms with Crippen molar-refractivity contribution in [3.63, 3.8) is 0 Å². The third-order valence-electron chi connectivity index (χ3n) is 2.57. The summed E-state index contributed by atoms with van der Waals surface area (Å²) >= 11 is 7.74. The van der Waals surface area contributed by atoms with Gasteiger partial charge in [0.25, 0.3) is 5.91 Å². The molecule has 0 radical (unpaired) electrons. The molecule has 1 heterocycles. The van der Waals surface area contributed by atoms with Gasteiger partial charge in [-0.3, -0.25) is 9.69 Å². The Morgan fingerprint density at radius 3 is 2.65 bits per heavy atom. The van der Waals surface area contributed by atoms with E-state index in [1.807, 2.05) is 30.5 Å². The summed E-state index contributed by atoms with van der Waals surface area (Å²) in [5.41, 5.74) is 0.872. The van der Waals surface area contributed by atoms with Crippen LogP contribution in [0.15, 0.2) is 34.1 Å². The Hall–Kier alpha value is -1.31. The van der Waals surface area contributed by atoms with Crippen LogP contribution < -0.4 is 5.11 Å². The lowest BCUT2D eigenvalue weighted by atomic mass is 10.2. The summed E-state index contributed by atoms with van der Waals surface area (Å²) in [4.78, 5) is 25.2. The molecule has 1 aliphatic heterocycles. The summed E-state index contributed by atoms with van der Waals surface area (Å²) in [5.74, 6) is -1.72. The molecule has 0 saturated carbocycles. The van der Waals surface area contributed by atoms with Gasteiger partial charge in [-0.2, -0.15) is 0 Å². The van der Waals surface area contributed by atoms with Crippen LogP contribution in [0.3, 0.4) is 0 Å². The van der Waals surface area contributed by atoms with Crippen LogP contribution in [0.25, 0.3) is 6.08 Å². The van der Waals surface area contributed by atoms with Crippen molar-refractivity contribution in [1.29, 1.82) is 0 Å². The van der Waals surface area contributed by atoms with Crippen molar-refractivity contribution in [2.24, 2.45) is 0 Å². The van der Waals surface area contributed by atoms with E-state index in [1.165, 1.54) is 0 Å². The zero-order valence-electron chi connectivity index (χ0n) is 10.5. The van der Waals surface area contributed by atoms with Crippen LogP contribution in [-0.2, 0) is 9.59 Å². The molecule has 0 aromatic heterocycles. The highest BCUT2D eigenvalue weighted by Crippen LogP contribution is 2.32. The van der Waals surface area contributed by atoms with Crippen molar-refractivity contribution in [3.8, 4) is 0 Å². The Kier molecular flexibility index (Phi) is 4.85. The highest BCUT2D eigenvalue weighted by molar-refractivity contribution is 8.26. The number of aliphatic carboxylic acids is 1. The molecule has 0 N–H and O–H groups in total. The molecule has 0 aliphatic carbocycles. The number of rotatable bonds is 4. The van der Waals surface area contributed by atoms with E-state index in [2.05, 4.69) is 0 Å². The fourth-order valence-corrected chi connectivity index (χ4v) is 3.28. The van der Waals surface area contributed by atoms with Crippen LogP contribution in [0, 0.1) is 0 Å². The number of carboxylic acid groups (broad SMARTS) is 1. The zero-order chi connectivity index (χ0) is 14.7. The van der Waals surface area contributed by atoms with E-state index in [0.29, 0.717) is 4.91 Å². The second-order valence-electron chi connectivity index (χ2n) is 3.91. The van der Waals surface area contributed by atoms with Gasteiger partial charge in [0.1, 0.15) is 4.32 Å². The maximum atomic E-state index is 12.0. The molecule has 1 fully saturated rings. The lowest BCUT2D eigenvalue weighted by Crippen LogP contribution is -2.40. The fraction of sp³-hybridized carbons (Fsp3) is 0.154. The molecule has 4 nitrogen and oxygen atoms in total. The number of benzene rings is 1. The number of hydrogen-bond donors (Lipinski definition) is 0. The molecule has 1 aliphatic rings. The van der Waals surface area contributed by atoms with Gasteiger partial charge in [-0.15, -0.1) is 11.8 Å². The monoisotopic (exact) mass is 324 g/mol. The topological polar surface area (TPSA) is 60.4 Å². The average Bonchev–Trinajstić information content (AvgIpc) is 2.67. The van der Waals surface area contributed by atoms with Gasteiger partial charge in [-0.25, -0.2) is 0 Å². The summed E-state index contributed by atoms with van der Waals surface area (Å²) < 4.78 is 0.242. The lowest BCUT2D eigenvalue weighted by molar-refractivity contribution is -0.305. The molecular formula is C13H10NO3S3-. The number of carboxylic acids is 1. The summed E-state index contributed by atoms with van der Waals surface area (Å²) in [6, 6.07) is 7.71. The van der Waals surface area contributed by atoms with Gasteiger partial charge < -0.3 is 9.90 Å². The first kappa shape index (κ1) is 15.1. The number of nitrogens with zero attached hydrogens (tertiary/aromatic N) is 1. The first-order chi connectivity index (χ1) is 9.51. The largest absolute Gasteiger partial charge is 0.548 e. The Labute approximate surface area is 130 Å². The van der Waals surface area contributed by atoms with E-state index in [1.54, 1.807) is 17.8 Å². The van der Waals surface area contributed by atoms with Crippen molar-refractivity contribution >= 4 is 58.0 Å². The van der Waals surface area contributed by atoms with Crippen molar-refractivity contribution in [2.75, 3.05) is 12.8 Å². The first-order valence-corrected chi connectivity index (χ1v) is 8.05. The van der Waals surface area contributed by atoms with E-state index in [-0.39, 0.29) is 4.32 Å². The van der Waals surface area contributed by atoms with Gasteiger partial charge in [0, 0.05) is 4.90 Å². The SMILES string of the molecule is CSc1ccc(/C=C2\SC(=S)N(CC(=O)[O-])C2=O)cc1. The minimum Gasteiger partial charge on any atom is -0.548 e. The molecule has 104 valence electrons. The number of thiocarbonyl (C=S) groups is 1. The Morgan fingerprint density at radius 1 is 1.45 bits per heavy atom. The number of hydrogen-bond acceptors (Lipinski definition) is 6. The van der Waals surface area contributed by atoms with Gasteiger partial charge in [-0.1, -0.05) is 36.1 Å². The molecule has 1 aromatic rings. The van der Waals surface area contributed by atoms with Crippen molar-refractivity contribution in [1.82, 2.24) is 4.90 Å². The second kappa shape index (κ2) is 6.43. The van der Waals surface area contributed by atoms with Crippen molar-refractivity contribution < 1.29 is 14.7 Å². The molecule has 0 spiro atoms. The van der Waals surface area contributed by atoms with E-state index < -0.39 is 18.4 Å². The van der Waals surface area contributed by atoms with Crippen LogP contribution in [0.1, 0.15) is 5.56 Å². The average molecular weight is 324 g/mol. The standard InChI is InChI=1S/C13H11NO3S3/c1-19-9-4-2-8(3-5-9)6-10-12(17)14(7-11(15)16)13(18)20-10/h2-6H,7H2,1H3,(H,15,16)/p-1/b10-6-. The Balaban J connectivity index is 2.20. The molecule has 20 heavy (non-hydrogen) atoms. The maximum Gasteiger partial charge on any atom is 0.266 e. The fourth-order valence-electron chi connectivity index (χ4n) is 1.62. The van der Waals surface area contributed by atoms with E-state index in [0.717, 1.165) is 27.1 Å². The predicted octanol–water partition coefficient (Wildman–Crippen LogP) is 1.36. The molecule has 1 saturated heterocycles. The molecule has 0 unspecified atom stereocenters. The summed E-state index contributed by atoms with van der Waals surface area (Å²) in [6.45, 7) is -0.507. The third kappa shape index (κ3) is 3.41. The second-order valence-corrected chi connectivity index (χ2v) is 6.47. The number of amides is 1. The molecular weight excluding hydrogens is 314 g/mol. The van der Waals surface area contributed by atoms with Gasteiger partial charge >= 0.3 is 0 Å². The van der Waals surface area contributed by atoms with Crippen molar-refractivity contribution in [2.45, 2.75) is 4.90 Å². The lowest BCUT2D eigenvalue weighted by Gasteiger charge is -2.14.